The highest BCUT2D eigenvalue weighted by atomic mass is 32.1. The van der Waals surface area contributed by atoms with Crippen molar-refractivity contribution in [3.8, 4) is 0 Å². The minimum Gasteiger partial charge on any atom is -0.349 e. The van der Waals surface area contributed by atoms with E-state index >= 15 is 0 Å². The highest BCUT2D eigenvalue weighted by molar-refractivity contribution is 7.15. The second-order valence-corrected chi connectivity index (χ2v) is 7.71. The number of hydrogen-bond acceptors (Lipinski definition) is 5. The molecule has 1 heterocycles. The van der Waals surface area contributed by atoms with Gasteiger partial charge in [-0.2, -0.15) is 0 Å². The molecule has 1 aromatic carbocycles. The lowest BCUT2D eigenvalue weighted by atomic mass is 10.1. The SMILES string of the molecule is CCCCCc1nnc(NC(=O)/C=C/c2ccc(C(=O)NC3CC3)cc2)s1. The quantitative estimate of drug-likeness (QED) is 0.508. The van der Waals surface area contributed by atoms with E-state index in [1.54, 1.807) is 18.2 Å². The van der Waals surface area contributed by atoms with Crippen molar-refractivity contribution in [1.82, 2.24) is 15.5 Å². The first-order valence-electron chi connectivity index (χ1n) is 9.36. The van der Waals surface area contributed by atoms with Gasteiger partial charge in [0.15, 0.2) is 0 Å². The van der Waals surface area contributed by atoms with Crippen LogP contribution in [-0.4, -0.2) is 28.1 Å². The van der Waals surface area contributed by atoms with Gasteiger partial charge in [0.05, 0.1) is 0 Å². The Labute approximate surface area is 163 Å². The first-order chi connectivity index (χ1) is 13.1. The molecule has 2 amide bonds. The lowest BCUT2D eigenvalue weighted by Crippen LogP contribution is -2.25. The molecule has 0 radical (unpaired) electrons. The summed E-state index contributed by atoms with van der Waals surface area (Å²) in [5, 5.41) is 15.3. The Hall–Kier alpha value is -2.54. The Bertz CT molecular complexity index is 810. The van der Waals surface area contributed by atoms with Crippen molar-refractivity contribution in [3.63, 3.8) is 0 Å². The molecule has 1 aliphatic carbocycles. The second-order valence-electron chi connectivity index (χ2n) is 6.65. The zero-order valence-electron chi connectivity index (χ0n) is 15.4. The predicted octanol–water partition coefficient (Wildman–Crippen LogP) is 3.81. The summed E-state index contributed by atoms with van der Waals surface area (Å²) < 4.78 is 0. The summed E-state index contributed by atoms with van der Waals surface area (Å²) >= 11 is 1.42. The first-order valence-corrected chi connectivity index (χ1v) is 10.2. The summed E-state index contributed by atoms with van der Waals surface area (Å²) in [5.41, 5.74) is 1.48. The molecule has 2 aromatic rings. The molecular weight excluding hydrogens is 360 g/mol. The van der Waals surface area contributed by atoms with Gasteiger partial charge in [0.1, 0.15) is 5.01 Å². The van der Waals surface area contributed by atoms with E-state index in [1.165, 1.54) is 30.3 Å². The van der Waals surface area contributed by atoms with Gasteiger partial charge in [0.2, 0.25) is 11.0 Å². The molecule has 2 N–H and O–H groups in total. The van der Waals surface area contributed by atoms with Crippen LogP contribution in [0.2, 0.25) is 0 Å². The summed E-state index contributed by atoms with van der Waals surface area (Å²) in [7, 11) is 0. The zero-order valence-corrected chi connectivity index (χ0v) is 16.2. The Morgan fingerprint density at radius 3 is 2.67 bits per heavy atom. The van der Waals surface area contributed by atoms with Crippen LogP contribution in [0.4, 0.5) is 5.13 Å². The topological polar surface area (TPSA) is 84.0 Å². The van der Waals surface area contributed by atoms with Gasteiger partial charge in [0, 0.05) is 24.1 Å². The molecule has 0 atom stereocenters. The molecule has 1 saturated carbocycles. The molecule has 0 aliphatic heterocycles. The lowest BCUT2D eigenvalue weighted by molar-refractivity contribution is -0.111. The van der Waals surface area contributed by atoms with E-state index in [2.05, 4.69) is 27.8 Å². The molecule has 0 spiro atoms. The average molecular weight is 385 g/mol. The standard InChI is InChI=1S/C20H24N4O2S/c1-2-3-4-5-18-23-24-20(27-18)22-17(25)13-8-14-6-9-15(10-7-14)19(26)21-16-11-12-16/h6-10,13,16H,2-5,11-12H2,1H3,(H,21,26)(H,22,24,25)/b13-8+. The molecule has 0 bridgehead atoms. The normalized spacial score (nSPS) is 13.7. The van der Waals surface area contributed by atoms with E-state index in [1.807, 2.05) is 12.1 Å². The number of nitrogens with zero attached hydrogens (tertiary/aromatic N) is 2. The molecule has 0 saturated heterocycles. The molecule has 1 aromatic heterocycles. The molecule has 27 heavy (non-hydrogen) atoms. The third-order valence-electron chi connectivity index (χ3n) is 4.20. The van der Waals surface area contributed by atoms with Gasteiger partial charge < -0.3 is 5.32 Å². The van der Waals surface area contributed by atoms with Gasteiger partial charge in [-0.1, -0.05) is 43.2 Å². The number of unbranched alkanes of at least 4 members (excludes halogenated alkanes) is 2. The average Bonchev–Trinajstić information content (AvgIpc) is 3.38. The van der Waals surface area contributed by atoms with Crippen molar-refractivity contribution in [1.29, 1.82) is 0 Å². The molecule has 6 nitrogen and oxygen atoms in total. The number of benzene rings is 1. The van der Waals surface area contributed by atoms with Crippen LogP contribution < -0.4 is 10.6 Å². The molecular formula is C20H24N4O2S. The number of aryl methyl sites for hydroxylation is 1. The van der Waals surface area contributed by atoms with E-state index in [0.29, 0.717) is 16.7 Å². The van der Waals surface area contributed by atoms with Crippen molar-refractivity contribution < 1.29 is 9.59 Å². The maximum Gasteiger partial charge on any atom is 0.251 e. The summed E-state index contributed by atoms with van der Waals surface area (Å²) in [5.74, 6) is -0.293. The molecule has 1 fully saturated rings. The number of aromatic nitrogens is 2. The van der Waals surface area contributed by atoms with Crippen LogP contribution in [0.3, 0.4) is 0 Å². The second kappa shape index (κ2) is 9.41. The number of hydrogen-bond donors (Lipinski definition) is 2. The maximum atomic E-state index is 12.0. The highest BCUT2D eigenvalue weighted by Gasteiger charge is 2.23. The Balaban J connectivity index is 1.48. The van der Waals surface area contributed by atoms with Crippen molar-refractivity contribution in [2.45, 2.75) is 51.5 Å². The monoisotopic (exact) mass is 384 g/mol. The van der Waals surface area contributed by atoms with Crippen LogP contribution in [0.5, 0.6) is 0 Å². The number of amides is 2. The Morgan fingerprint density at radius 1 is 1.19 bits per heavy atom. The number of nitrogens with one attached hydrogen (secondary N) is 2. The summed E-state index contributed by atoms with van der Waals surface area (Å²) in [6.45, 7) is 2.16. The van der Waals surface area contributed by atoms with Crippen LogP contribution in [0.15, 0.2) is 30.3 Å². The van der Waals surface area contributed by atoms with Crippen LogP contribution in [0.1, 0.15) is 60.0 Å². The fraction of sp³-hybridized carbons (Fsp3) is 0.400. The van der Waals surface area contributed by atoms with Crippen molar-refractivity contribution >= 4 is 34.4 Å². The first kappa shape index (κ1) is 19.2. The molecule has 7 heteroatoms. The van der Waals surface area contributed by atoms with Crippen molar-refractivity contribution in [3.05, 3.63) is 46.5 Å². The summed E-state index contributed by atoms with van der Waals surface area (Å²) in [4.78, 5) is 24.0. The lowest BCUT2D eigenvalue weighted by Gasteiger charge is -2.03. The number of carbonyl (C=O) groups is 2. The van der Waals surface area contributed by atoms with Gasteiger partial charge in [-0.05, 0) is 43.0 Å². The molecule has 0 unspecified atom stereocenters. The van der Waals surface area contributed by atoms with E-state index < -0.39 is 0 Å². The van der Waals surface area contributed by atoms with E-state index in [9.17, 15) is 9.59 Å². The molecule has 1 aliphatic rings. The largest absolute Gasteiger partial charge is 0.349 e. The van der Waals surface area contributed by atoms with Crippen LogP contribution >= 0.6 is 11.3 Å². The van der Waals surface area contributed by atoms with E-state index in [-0.39, 0.29) is 11.8 Å². The van der Waals surface area contributed by atoms with E-state index in [4.69, 9.17) is 0 Å². The van der Waals surface area contributed by atoms with Crippen molar-refractivity contribution in [2.75, 3.05) is 5.32 Å². The summed E-state index contributed by atoms with van der Waals surface area (Å²) in [6, 6.07) is 7.52. The van der Waals surface area contributed by atoms with Gasteiger partial charge in [0.25, 0.3) is 5.91 Å². The Kier molecular flexibility index (Phi) is 6.70. The summed E-state index contributed by atoms with van der Waals surface area (Å²) in [6.07, 6.45) is 9.63. The zero-order chi connectivity index (χ0) is 19.1. The fourth-order valence-corrected chi connectivity index (χ4v) is 3.28. The van der Waals surface area contributed by atoms with Crippen molar-refractivity contribution in [2.24, 2.45) is 0 Å². The van der Waals surface area contributed by atoms with Gasteiger partial charge in [-0.25, -0.2) is 0 Å². The van der Waals surface area contributed by atoms with Gasteiger partial charge in [-0.15, -0.1) is 10.2 Å². The third kappa shape index (κ3) is 6.29. The van der Waals surface area contributed by atoms with E-state index in [0.717, 1.165) is 36.3 Å². The third-order valence-corrected chi connectivity index (χ3v) is 5.10. The minimum atomic E-state index is -0.248. The smallest absolute Gasteiger partial charge is 0.251 e. The Morgan fingerprint density at radius 2 is 1.96 bits per heavy atom. The minimum absolute atomic E-state index is 0.0446. The van der Waals surface area contributed by atoms with Crippen LogP contribution in [0, 0.1) is 0 Å². The molecule has 3 rings (SSSR count). The number of rotatable bonds is 9. The van der Waals surface area contributed by atoms with Gasteiger partial charge in [-0.3, -0.25) is 14.9 Å². The highest BCUT2D eigenvalue weighted by Crippen LogP contribution is 2.20. The number of anilines is 1. The predicted molar refractivity (Wildman–Crippen MR) is 108 cm³/mol. The van der Waals surface area contributed by atoms with Crippen LogP contribution in [-0.2, 0) is 11.2 Å². The fourth-order valence-electron chi connectivity index (χ4n) is 2.49. The van der Waals surface area contributed by atoms with Crippen LogP contribution in [0.25, 0.3) is 6.08 Å². The number of carbonyl (C=O) groups excluding carboxylic acids is 2. The maximum absolute atomic E-state index is 12.0. The molecule has 142 valence electrons. The van der Waals surface area contributed by atoms with Gasteiger partial charge >= 0.3 is 0 Å².